The van der Waals surface area contributed by atoms with E-state index in [0.29, 0.717) is 16.6 Å². The molecule has 1 fully saturated rings. The summed E-state index contributed by atoms with van der Waals surface area (Å²) in [7, 11) is 0. The Hall–Kier alpha value is -0.690. The Balaban J connectivity index is 0.00000200. The van der Waals surface area contributed by atoms with E-state index >= 15 is 0 Å². The quantitative estimate of drug-likeness (QED) is 0.851. The van der Waals surface area contributed by atoms with Crippen molar-refractivity contribution in [3.8, 4) is 0 Å². The fourth-order valence-electron chi connectivity index (χ4n) is 2.03. The number of hydrogen-bond acceptors (Lipinski definition) is 3. The highest BCUT2D eigenvalue weighted by atomic mass is 79.9. The molecule has 1 saturated heterocycles. The second-order valence-corrected chi connectivity index (χ2v) is 5.33. The number of nitrogens with zero attached hydrogens (tertiary/aromatic N) is 1. The number of halogens is 3. The average Bonchev–Trinajstić information content (AvgIpc) is 2.42. The number of benzene rings is 1. The number of rotatable bonds is 4. The van der Waals surface area contributed by atoms with Crippen LogP contribution in [0.15, 0.2) is 22.7 Å². The largest absolute Gasteiger partial charge is 0.351 e. The molecule has 1 aromatic rings. The van der Waals surface area contributed by atoms with E-state index in [0.717, 1.165) is 32.7 Å². The van der Waals surface area contributed by atoms with E-state index in [1.165, 1.54) is 12.1 Å². The second kappa shape index (κ2) is 8.56. The Morgan fingerprint density at radius 3 is 2.80 bits per heavy atom. The summed E-state index contributed by atoms with van der Waals surface area (Å²) in [6, 6.07) is 4.10. The lowest BCUT2D eigenvalue weighted by atomic mass is 10.2. The molecule has 0 spiro atoms. The first-order chi connectivity index (χ1) is 9.16. The molecule has 112 valence electrons. The van der Waals surface area contributed by atoms with Crippen molar-refractivity contribution >= 4 is 34.2 Å². The molecule has 1 aliphatic rings. The third-order valence-electron chi connectivity index (χ3n) is 3.10. The van der Waals surface area contributed by atoms with E-state index < -0.39 is 5.82 Å². The molecule has 0 aliphatic carbocycles. The normalized spacial score (nSPS) is 15.5. The number of nitrogens with one attached hydrogen (secondary N) is 2. The zero-order chi connectivity index (χ0) is 13.7. The first-order valence-electron chi connectivity index (χ1n) is 6.33. The highest BCUT2D eigenvalue weighted by molar-refractivity contribution is 9.10. The molecule has 0 aromatic heterocycles. The number of carbonyl (C=O) groups excluding carboxylic acids is 1. The zero-order valence-electron chi connectivity index (χ0n) is 11.0. The summed E-state index contributed by atoms with van der Waals surface area (Å²) in [5.41, 5.74) is 0.334. The maximum absolute atomic E-state index is 13.1. The van der Waals surface area contributed by atoms with Gasteiger partial charge in [0, 0.05) is 43.7 Å². The van der Waals surface area contributed by atoms with Crippen molar-refractivity contribution in [3.05, 3.63) is 34.1 Å². The summed E-state index contributed by atoms with van der Waals surface area (Å²) in [4.78, 5) is 14.2. The minimum atomic E-state index is -0.407. The molecular weight excluding hydrogens is 349 g/mol. The van der Waals surface area contributed by atoms with Crippen LogP contribution in [0.1, 0.15) is 10.4 Å². The van der Waals surface area contributed by atoms with Crippen LogP contribution in [0.5, 0.6) is 0 Å². The van der Waals surface area contributed by atoms with Crippen LogP contribution in [0.4, 0.5) is 4.39 Å². The summed E-state index contributed by atoms with van der Waals surface area (Å²) < 4.78 is 13.7. The first-order valence-corrected chi connectivity index (χ1v) is 7.12. The highest BCUT2D eigenvalue weighted by Gasteiger charge is 2.12. The molecule has 0 unspecified atom stereocenters. The molecule has 7 heteroatoms. The summed E-state index contributed by atoms with van der Waals surface area (Å²) in [5, 5.41) is 6.09. The van der Waals surface area contributed by atoms with Crippen molar-refractivity contribution in [1.82, 2.24) is 15.5 Å². The molecule has 1 aromatic carbocycles. The molecule has 20 heavy (non-hydrogen) atoms. The predicted molar refractivity (Wildman–Crippen MR) is 83.0 cm³/mol. The van der Waals surface area contributed by atoms with Crippen molar-refractivity contribution in [3.63, 3.8) is 0 Å². The van der Waals surface area contributed by atoms with Gasteiger partial charge >= 0.3 is 0 Å². The van der Waals surface area contributed by atoms with E-state index in [-0.39, 0.29) is 18.3 Å². The van der Waals surface area contributed by atoms with Crippen LogP contribution in [0.2, 0.25) is 0 Å². The van der Waals surface area contributed by atoms with Gasteiger partial charge in [0.05, 0.1) is 5.56 Å². The lowest BCUT2D eigenvalue weighted by Crippen LogP contribution is -2.46. The SMILES string of the molecule is Cl.O=C(NCCN1CCNCC1)c1cc(F)ccc1Br. The van der Waals surface area contributed by atoms with Crippen LogP contribution in [-0.2, 0) is 0 Å². The second-order valence-electron chi connectivity index (χ2n) is 4.47. The van der Waals surface area contributed by atoms with Gasteiger partial charge in [0.1, 0.15) is 5.82 Å². The minimum absolute atomic E-state index is 0. The van der Waals surface area contributed by atoms with E-state index in [9.17, 15) is 9.18 Å². The van der Waals surface area contributed by atoms with Crippen LogP contribution in [0, 0.1) is 5.82 Å². The van der Waals surface area contributed by atoms with Crippen molar-refractivity contribution in [1.29, 1.82) is 0 Å². The predicted octanol–water partition coefficient (Wildman–Crippen LogP) is 1.64. The lowest BCUT2D eigenvalue weighted by molar-refractivity contribution is 0.0946. The summed E-state index contributed by atoms with van der Waals surface area (Å²) in [6.45, 7) is 5.37. The van der Waals surface area contributed by atoms with Gasteiger partial charge in [-0.05, 0) is 34.1 Å². The monoisotopic (exact) mass is 365 g/mol. The third-order valence-corrected chi connectivity index (χ3v) is 3.79. The molecule has 1 aliphatic heterocycles. The van der Waals surface area contributed by atoms with Gasteiger partial charge in [-0.2, -0.15) is 0 Å². The van der Waals surface area contributed by atoms with Crippen LogP contribution in [-0.4, -0.2) is 50.1 Å². The smallest absolute Gasteiger partial charge is 0.252 e. The molecule has 2 rings (SSSR count). The number of hydrogen-bond donors (Lipinski definition) is 2. The zero-order valence-corrected chi connectivity index (χ0v) is 13.4. The Bertz CT molecular complexity index is 455. The number of carbonyl (C=O) groups is 1. The van der Waals surface area contributed by atoms with Crippen LogP contribution in [0.25, 0.3) is 0 Å². The Morgan fingerprint density at radius 2 is 2.10 bits per heavy atom. The van der Waals surface area contributed by atoms with Crippen molar-refractivity contribution < 1.29 is 9.18 Å². The molecule has 1 amide bonds. The van der Waals surface area contributed by atoms with Gasteiger partial charge in [-0.1, -0.05) is 0 Å². The summed E-state index contributed by atoms with van der Waals surface area (Å²) >= 11 is 3.25. The Labute approximate surface area is 132 Å². The molecule has 0 saturated carbocycles. The highest BCUT2D eigenvalue weighted by Crippen LogP contribution is 2.17. The summed E-state index contributed by atoms with van der Waals surface area (Å²) in [6.07, 6.45) is 0. The van der Waals surface area contributed by atoms with Crippen LogP contribution in [0.3, 0.4) is 0 Å². The van der Waals surface area contributed by atoms with Crippen LogP contribution < -0.4 is 10.6 Å². The molecule has 4 nitrogen and oxygen atoms in total. The molecular formula is C13H18BrClFN3O. The topological polar surface area (TPSA) is 44.4 Å². The van der Waals surface area contributed by atoms with E-state index in [4.69, 9.17) is 0 Å². The molecule has 2 N–H and O–H groups in total. The van der Waals surface area contributed by atoms with Gasteiger partial charge in [-0.25, -0.2) is 4.39 Å². The molecule has 0 bridgehead atoms. The fraction of sp³-hybridized carbons (Fsp3) is 0.462. The van der Waals surface area contributed by atoms with Gasteiger partial charge in [-0.15, -0.1) is 12.4 Å². The molecule has 1 heterocycles. The van der Waals surface area contributed by atoms with Gasteiger partial charge < -0.3 is 10.6 Å². The fourth-order valence-corrected chi connectivity index (χ4v) is 2.46. The minimum Gasteiger partial charge on any atom is -0.351 e. The standard InChI is InChI=1S/C13H17BrFN3O.ClH/c14-12-2-1-10(15)9-11(12)13(19)17-5-8-18-6-3-16-4-7-18;/h1-2,9,16H,3-8H2,(H,17,19);1H. The molecule has 0 radical (unpaired) electrons. The van der Waals surface area contributed by atoms with E-state index in [1.807, 2.05) is 0 Å². The maximum atomic E-state index is 13.1. The Morgan fingerprint density at radius 1 is 1.40 bits per heavy atom. The Kier molecular flexibility index (Phi) is 7.43. The van der Waals surface area contributed by atoms with Gasteiger partial charge in [-0.3, -0.25) is 9.69 Å². The summed E-state index contributed by atoms with van der Waals surface area (Å²) in [5.74, 6) is -0.656. The van der Waals surface area contributed by atoms with Gasteiger partial charge in [0.25, 0.3) is 5.91 Å². The molecule has 0 atom stereocenters. The van der Waals surface area contributed by atoms with Gasteiger partial charge in [0.15, 0.2) is 0 Å². The first kappa shape index (κ1) is 17.4. The van der Waals surface area contributed by atoms with Crippen molar-refractivity contribution in [2.75, 3.05) is 39.3 Å². The maximum Gasteiger partial charge on any atom is 0.252 e. The van der Waals surface area contributed by atoms with Gasteiger partial charge in [0.2, 0.25) is 0 Å². The number of amides is 1. The van der Waals surface area contributed by atoms with E-state index in [1.54, 1.807) is 6.07 Å². The average molecular weight is 367 g/mol. The van der Waals surface area contributed by atoms with Crippen LogP contribution >= 0.6 is 28.3 Å². The lowest BCUT2D eigenvalue weighted by Gasteiger charge is -2.27. The number of piperazine rings is 1. The van der Waals surface area contributed by atoms with Crippen molar-refractivity contribution in [2.24, 2.45) is 0 Å². The van der Waals surface area contributed by atoms with Crippen molar-refractivity contribution in [2.45, 2.75) is 0 Å². The third kappa shape index (κ3) is 5.01. The van der Waals surface area contributed by atoms with E-state index in [2.05, 4.69) is 31.5 Å².